The molecule has 1 atom stereocenters. The predicted octanol–water partition coefficient (Wildman–Crippen LogP) is 2.38. The SMILES string of the molecule is O=C(Cc1cccnc1)N[C@@H](Cn1ccnc1)c1ccccc1. The molecule has 1 amide bonds. The van der Waals surface area contributed by atoms with Gasteiger partial charge in [0.2, 0.25) is 5.91 Å². The van der Waals surface area contributed by atoms with E-state index in [2.05, 4.69) is 15.3 Å². The Hall–Kier alpha value is -2.95. The molecule has 23 heavy (non-hydrogen) atoms. The summed E-state index contributed by atoms with van der Waals surface area (Å²) in [6.45, 7) is 0.642. The first-order valence-electron chi connectivity index (χ1n) is 7.50. The molecular formula is C18H18N4O. The van der Waals surface area contributed by atoms with E-state index in [0.29, 0.717) is 13.0 Å². The van der Waals surface area contributed by atoms with E-state index in [1.54, 1.807) is 24.9 Å². The van der Waals surface area contributed by atoms with Crippen molar-refractivity contribution in [2.75, 3.05) is 0 Å². The van der Waals surface area contributed by atoms with Crippen LogP contribution in [-0.4, -0.2) is 20.4 Å². The summed E-state index contributed by atoms with van der Waals surface area (Å²) in [4.78, 5) is 20.5. The fourth-order valence-corrected chi connectivity index (χ4v) is 2.46. The number of hydrogen-bond donors (Lipinski definition) is 1. The van der Waals surface area contributed by atoms with Gasteiger partial charge in [-0.25, -0.2) is 4.98 Å². The van der Waals surface area contributed by atoms with Crippen molar-refractivity contribution in [2.45, 2.75) is 19.0 Å². The Labute approximate surface area is 135 Å². The number of hydrogen-bond acceptors (Lipinski definition) is 3. The third-order valence-corrected chi connectivity index (χ3v) is 3.58. The molecular weight excluding hydrogens is 288 g/mol. The number of carbonyl (C=O) groups excluding carboxylic acids is 1. The van der Waals surface area contributed by atoms with E-state index in [1.165, 1.54) is 0 Å². The average Bonchev–Trinajstić information content (AvgIpc) is 3.09. The summed E-state index contributed by atoms with van der Waals surface area (Å²) in [7, 11) is 0. The lowest BCUT2D eigenvalue weighted by Crippen LogP contribution is -2.32. The van der Waals surface area contributed by atoms with Crippen LogP contribution in [0.1, 0.15) is 17.2 Å². The number of carbonyl (C=O) groups is 1. The molecule has 0 aliphatic heterocycles. The van der Waals surface area contributed by atoms with Crippen LogP contribution in [0.5, 0.6) is 0 Å². The number of benzene rings is 1. The second kappa shape index (κ2) is 7.35. The van der Waals surface area contributed by atoms with E-state index in [-0.39, 0.29) is 11.9 Å². The highest BCUT2D eigenvalue weighted by Gasteiger charge is 2.15. The Morgan fingerprint density at radius 2 is 1.96 bits per heavy atom. The van der Waals surface area contributed by atoms with E-state index in [0.717, 1.165) is 11.1 Å². The van der Waals surface area contributed by atoms with Crippen LogP contribution >= 0.6 is 0 Å². The van der Waals surface area contributed by atoms with E-state index in [4.69, 9.17) is 0 Å². The summed E-state index contributed by atoms with van der Waals surface area (Å²) < 4.78 is 1.96. The topological polar surface area (TPSA) is 59.8 Å². The summed E-state index contributed by atoms with van der Waals surface area (Å²) in [5.41, 5.74) is 1.97. The number of nitrogens with zero attached hydrogens (tertiary/aromatic N) is 3. The molecule has 0 unspecified atom stereocenters. The first-order chi connectivity index (χ1) is 11.3. The maximum atomic E-state index is 12.4. The van der Waals surface area contributed by atoms with Crippen molar-refractivity contribution in [3.63, 3.8) is 0 Å². The Kier molecular flexibility index (Phi) is 4.79. The molecule has 1 aromatic carbocycles. The zero-order chi connectivity index (χ0) is 15.9. The van der Waals surface area contributed by atoms with Crippen LogP contribution in [0.2, 0.25) is 0 Å². The number of nitrogens with one attached hydrogen (secondary N) is 1. The summed E-state index contributed by atoms with van der Waals surface area (Å²) in [5, 5.41) is 3.10. The molecule has 0 saturated carbocycles. The van der Waals surface area contributed by atoms with Crippen molar-refractivity contribution < 1.29 is 4.79 Å². The number of rotatable bonds is 6. The molecule has 5 heteroatoms. The van der Waals surface area contributed by atoms with Crippen molar-refractivity contribution in [2.24, 2.45) is 0 Å². The molecule has 116 valence electrons. The molecule has 0 bridgehead atoms. The zero-order valence-corrected chi connectivity index (χ0v) is 12.7. The van der Waals surface area contributed by atoms with E-state index in [1.807, 2.05) is 53.2 Å². The highest BCUT2D eigenvalue weighted by atomic mass is 16.1. The highest BCUT2D eigenvalue weighted by molar-refractivity contribution is 5.78. The van der Waals surface area contributed by atoms with Crippen LogP contribution in [0.25, 0.3) is 0 Å². The molecule has 1 N–H and O–H groups in total. The Morgan fingerprint density at radius 1 is 1.09 bits per heavy atom. The van der Waals surface area contributed by atoms with Crippen LogP contribution in [0.4, 0.5) is 0 Å². The van der Waals surface area contributed by atoms with Gasteiger partial charge in [0.05, 0.1) is 18.8 Å². The van der Waals surface area contributed by atoms with Crippen molar-refractivity contribution in [1.82, 2.24) is 19.9 Å². The van der Waals surface area contributed by atoms with Crippen LogP contribution in [0, 0.1) is 0 Å². The lowest BCUT2D eigenvalue weighted by Gasteiger charge is -2.20. The maximum Gasteiger partial charge on any atom is 0.225 e. The van der Waals surface area contributed by atoms with Gasteiger partial charge in [-0.05, 0) is 17.2 Å². The number of aromatic nitrogens is 3. The minimum atomic E-state index is -0.102. The second-order valence-electron chi connectivity index (χ2n) is 5.33. The monoisotopic (exact) mass is 306 g/mol. The van der Waals surface area contributed by atoms with Gasteiger partial charge >= 0.3 is 0 Å². The predicted molar refractivity (Wildman–Crippen MR) is 87.5 cm³/mol. The quantitative estimate of drug-likeness (QED) is 0.760. The summed E-state index contributed by atoms with van der Waals surface area (Å²) in [6, 6.07) is 13.6. The number of imidazole rings is 1. The molecule has 3 aromatic rings. The lowest BCUT2D eigenvalue weighted by molar-refractivity contribution is -0.121. The van der Waals surface area contributed by atoms with E-state index in [9.17, 15) is 4.79 Å². The minimum Gasteiger partial charge on any atom is -0.347 e. The molecule has 0 aliphatic carbocycles. The molecule has 0 aliphatic rings. The average molecular weight is 306 g/mol. The van der Waals surface area contributed by atoms with Gasteiger partial charge in [0.15, 0.2) is 0 Å². The standard InChI is InChI=1S/C18H18N4O/c23-18(11-15-5-4-8-19-12-15)21-17(13-22-10-9-20-14-22)16-6-2-1-3-7-16/h1-10,12,14,17H,11,13H2,(H,21,23)/t17-/m0/s1. The van der Waals surface area contributed by atoms with Gasteiger partial charge in [-0.2, -0.15) is 0 Å². The van der Waals surface area contributed by atoms with Crippen LogP contribution in [0.15, 0.2) is 73.6 Å². The van der Waals surface area contributed by atoms with Crippen molar-refractivity contribution >= 4 is 5.91 Å². The summed E-state index contributed by atoms with van der Waals surface area (Å²) >= 11 is 0. The lowest BCUT2D eigenvalue weighted by atomic mass is 10.1. The van der Waals surface area contributed by atoms with Crippen molar-refractivity contribution in [1.29, 1.82) is 0 Å². The Bertz CT molecular complexity index is 726. The molecule has 5 nitrogen and oxygen atoms in total. The first-order valence-corrected chi connectivity index (χ1v) is 7.50. The molecule has 2 heterocycles. The summed E-state index contributed by atoms with van der Waals surface area (Å²) in [5.74, 6) is -0.0213. The third kappa shape index (κ3) is 4.26. The number of amides is 1. The fraction of sp³-hybridized carbons (Fsp3) is 0.167. The summed E-state index contributed by atoms with van der Waals surface area (Å²) in [6.07, 6.45) is 9.12. The smallest absolute Gasteiger partial charge is 0.225 e. The molecule has 0 radical (unpaired) electrons. The van der Waals surface area contributed by atoms with Gasteiger partial charge in [0, 0.05) is 31.3 Å². The molecule has 0 fully saturated rings. The number of pyridine rings is 1. The maximum absolute atomic E-state index is 12.4. The normalized spacial score (nSPS) is 11.8. The molecule has 3 rings (SSSR count). The van der Waals surface area contributed by atoms with Crippen LogP contribution < -0.4 is 5.32 Å². The molecule has 0 spiro atoms. The third-order valence-electron chi connectivity index (χ3n) is 3.58. The van der Waals surface area contributed by atoms with Crippen LogP contribution in [0.3, 0.4) is 0 Å². The molecule has 0 saturated heterocycles. The largest absolute Gasteiger partial charge is 0.347 e. The minimum absolute atomic E-state index is 0.0213. The second-order valence-corrected chi connectivity index (χ2v) is 5.33. The van der Waals surface area contributed by atoms with Gasteiger partial charge < -0.3 is 9.88 Å². The first kappa shape index (κ1) is 15.0. The zero-order valence-electron chi connectivity index (χ0n) is 12.7. The molecule has 2 aromatic heterocycles. The fourth-order valence-electron chi connectivity index (χ4n) is 2.46. The van der Waals surface area contributed by atoms with Gasteiger partial charge in [-0.3, -0.25) is 9.78 Å². The van der Waals surface area contributed by atoms with Crippen molar-refractivity contribution in [3.05, 3.63) is 84.7 Å². The van der Waals surface area contributed by atoms with Crippen molar-refractivity contribution in [3.8, 4) is 0 Å². The van der Waals surface area contributed by atoms with Gasteiger partial charge in [-0.1, -0.05) is 36.4 Å². The highest BCUT2D eigenvalue weighted by Crippen LogP contribution is 2.15. The van der Waals surface area contributed by atoms with E-state index >= 15 is 0 Å². The van der Waals surface area contributed by atoms with Gasteiger partial charge in [0.25, 0.3) is 0 Å². The van der Waals surface area contributed by atoms with Crippen LogP contribution in [-0.2, 0) is 17.8 Å². The van der Waals surface area contributed by atoms with E-state index < -0.39 is 0 Å². The Morgan fingerprint density at radius 3 is 2.65 bits per heavy atom. The van der Waals surface area contributed by atoms with Gasteiger partial charge in [-0.15, -0.1) is 0 Å². The van der Waals surface area contributed by atoms with Gasteiger partial charge in [0.1, 0.15) is 0 Å². The Balaban J connectivity index is 1.72.